The van der Waals surface area contributed by atoms with Crippen molar-refractivity contribution in [2.45, 2.75) is 6.92 Å². The largest absolute Gasteiger partial charge is 0.493 e. The Hall–Kier alpha value is -2.66. The Balaban J connectivity index is 1.95. The number of H-pyrrole nitrogens is 1. The first-order valence-corrected chi connectivity index (χ1v) is 6.95. The molecule has 2 N–H and O–H groups in total. The average Bonchev–Trinajstić information content (AvgIpc) is 2.80. The van der Waals surface area contributed by atoms with Crippen molar-refractivity contribution in [2.75, 3.05) is 0 Å². The van der Waals surface area contributed by atoms with Crippen LogP contribution in [0.5, 0.6) is 5.88 Å². The summed E-state index contributed by atoms with van der Waals surface area (Å²) in [6.45, 7) is 1.93. The van der Waals surface area contributed by atoms with E-state index < -0.39 is 5.91 Å². The van der Waals surface area contributed by atoms with Crippen LogP contribution in [-0.4, -0.2) is 16.0 Å². The molecule has 1 amide bonds. The fourth-order valence-electron chi connectivity index (χ4n) is 2.09. The minimum absolute atomic E-state index is 0.155. The van der Waals surface area contributed by atoms with E-state index in [0.29, 0.717) is 21.5 Å². The van der Waals surface area contributed by atoms with Crippen molar-refractivity contribution in [3.05, 3.63) is 58.6 Å². The molecule has 0 aliphatic heterocycles. The van der Waals surface area contributed by atoms with E-state index >= 15 is 0 Å². The van der Waals surface area contributed by atoms with Gasteiger partial charge in [0.15, 0.2) is 5.69 Å². The van der Waals surface area contributed by atoms with Crippen LogP contribution in [0.1, 0.15) is 15.9 Å². The summed E-state index contributed by atoms with van der Waals surface area (Å²) >= 11 is 5.94. The highest BCUT2D eigenvalue weighted by atomic mass is 35.5. The summed E-state index contributed by atoms with van der Waals surface area (Å²) < 4.78 is 0. The van der Waals surface area contributed by atoms with E-state index in [2.05, 4.69) is 15.2 Å². The predicted molar refractivity (Wildman–Crippen MR) is 85.0 cm³/mol. The lowest BCUT2D eigenvalue weighted by Crippen LogP contribution is -1.92. The second kappa shape index (κ2) is 5.61. The number of rotatable bonds is 2. The van der Waals surface area contributed by atoms with Crippen molar-refractivity contribution in [3.8, 4) is 5.88 Å². The zero-order valence-corrected chi connectivity index (χ0v) is 12.4. The van der Waals surface area contributed by atoms with Crippen LogP contribution in [-0.2, 0) is 0 Å². The topological polar surface area (TPSA) is 77.8 Å². The summed E-state index contributed by atoms with van der Waals surface area (Å²) in [5, 5.41) is 18.5. The molecule has 1 aromatic heterocycles. The highest BCUT2D eigenvalue weighted by Gasteiger charge is 2.12. The summed E-state index contributed by atoms with van der Waals surface area (Å²) in [4.78, 5) is 14.7. The lowest BCUT2D eigenvalue weighted by molar-refractivity contribution is 0.0995. The van der Waals surface area contributed by atoms with Crippen LogP contribution in [0, 0.1) is 6.92 Å². The number of nitrogens with zero attached hydrogens (tertiary/aromatic N) is 2. The van der Waals surface area contributed by atoms with Crippen LogP contribution < -0.4 is 0 Å². The van der Waals surface area contributed by atoms with Gasteiger partial charge in [0.25, 0.3) is 5.91 Å². The van der Waals surface area contributed by atoms with Gasteiger partial charge in [0.1, 0.15) is 0 Å². The number of hydrogen-bond acceptors (Lipinski definition) is 3. The Kier molecular flexibility index (Phi) is 3.65. The number of carbonyl (C=O) groups excluding carboxylic acids is 1. The van der Waals surface area contributed by atoms with Gasteiger partial charge < -0.3 is 10.1 Å². The maximum Gasteiger partial charge on any atom is 0.295 e. The molecule has 1 heterocycles. The van der Waals surface area contributed by atoms with Crippen molar-refractivity contribution in [1.29, 1.82) is 0 Å². The Bertz CT molecular complexity index is 882. The average molecular weight is 314 g/mol. The molecule has 2 aromatic carbocycles. The molecule has 3 aromatic rings. The lowest BCUT2D eigenvalue weighted by atomic mass is 10.1. The molecule has 6 heteroatoms. The predicted octanol–water partition coefficient (Wildman–Crippen LogP) is 4.76. The first kappa shape index (κ1) is 14.3. The molecule has 0 unspecified atom stereocenters. The van der Waals surface area contributed by atoms with E-state index in [-0.39, 0.29) is 11.6 Å². The van der Waals surface area contributed by atoms with Crippen molar-refractivity contribution in [3.63, 3.8) is 0 Å². The van der Waals surface area contributed by atoms with E-state index in [9.17, 15) is 9.90 Å². The second-order valence-corrected chi connectivity index (χ2v) is 5.32. The minimum atomic E-state index is -0.476. The SMILES string of the molecule is Cc1ccc(C(=O)N=Nc2c(O)[nH]c3ccc(Cl)cc23)cc1. The first-order chi connectivity index (χ1) is 10.5. The third kappa shape index (κ3) is 2.71. The quantitative estimate of drug-likeness (QED) is 0.669. The third-order valence-electron chi connectivity index (χ3n) is 3.25. The van der Waals surface area contributed by atoms with Crippen LogP contribution in [0.4, 0.5) is 5.69 Å². The van der Waals surface area contributed by atoms with Crippen LogP contribution >= 0.6 is 11.6 Å². The number of aryl methyl sites for hydroxylation is 1. The van der Waals surface area contributed by atoms with Gasteiger partial charge in [0, 0.05) is 16.0 Å². The zero-order valence-electron chi connectivity index (χ0n) is 11.7. The van der Waals surface area contributed by atoms with Crippen molar-refractivity contribution in [2.24, 2.45) is 10.2 Å². The molecule has 22 heavy (non-hydrogen) atoms. The molecule has 0 fully saturated rings. The third-order valence-corrected chi connectivity index (χ3v) is 3.49. The molecule has 0 aliphatic rings. The number of azo groups is 1. The summed E-state index contributed by atoms with van der Waals surface area (Å²) in [6, 6.07) is 12.1. The molecule has 3 rings (SSSR count). The van der Waals surface area contributed by atoms with Gasteiger partial charge in [-0.1, -0.05) is 29.3 Å². The molecule has 0 saturated carbocycles. The highest BCUT2D eigenvalue weighted by Crippen LogP contribution is 2.36. The fraction of sp³-hybridized carbons (Fsp3) is 0.0625. The number of nitrogens with one attached hydrogen (secondary N) is 1. The fourth-order valence-corrected chi connectivity index (χ4v) is 2.26. The number of hydrogen-bond donors (Lipinski definition) is 2. The summed E-state index contributed by atoms with van der Waals surface area (Å²) in [6.07, 6.45) is 0. The van der Waals surface area contributed by atoms with Gasteiger partial charge in [-0.3, -0.25) is 4.79 Å². The number of halogens is 1. The van der Waals surface area contributed by atoms with Gasteiger partial charge >= 0.3 is 0 Å². The molecular weight excluding hydrogens is 302 g/mol. The summed E-state index contributed by atoms with van der Waals surface area (Å²) in [7, 11) is 0. The van der Waals surface area contributed by atoms with E-state index in [1.54, 1.807) is 30.3 Å². The van der Waals surface area contributed by atoms with E-state index in [4.69, 9.17) is 11.6 Å². The number of benzene rings is 2. The van der Waals surface area contributed by atoms with Crippen molar-refractivity contribution in [1.82, 2.24) is 4.98 Å². The molecule has 0 spiro atoms. The maximum absolute atomic E-state index is 12.0. The van der Waals surface area contributed by atoms with Crippen molar-refractivity contribution < 1.29 is 9.90 Å². The second-order valence-electron chi connectivity index (χ2n) is 4.88. The smallest absolute Gasteiger partial charge is 0.295 e. The number of amides is 1. The van der Waals surface area contributed by atoms with Crippen LogP contribution in [0.25, 0.3) is 10.9 Å². The van der Waals surface area contributed by atoms with E-state index in [1.807, 2.05) is 19.1 Å². The van der Waals surface area contributed by atoms with E-state index in [1.165, 1.54) is 0 Å². The van der Waals surface area contributed by atoms with Gasteiger partial charge in [0.05, 0.1) is 5.52 Å². The van der Waals surface area contributed by atoms with Gasteiger partial charge in [-0.15, -0.1) is 10.2 Å². The molecule has 0 aliphatic carbocycles. The molecular formula is C16H12ClN3O2. The Morgan fingerprint density at radius 1 is 1.18 bits per heavy atom. The van der Waals surface area contributed by atoms with Gasteiger partial charge in [0.2, 0.25) is 5.88 Å². The lowest BCUT2D eigenvalue weighted by Gasteiger charge is -1.96. The zero-order chi connectivity index (χ0) is 15.7. The summed E-state index contributed by atoms with van der Waals surface area (Å²) in [5.41, 5.74) is 2.35. The van der Waals surface area contributed by atoms with Gasteiger partial charge in [-0.25, -0.2) is 0 Å². The number of aromatic hydroxyl groups is 1. The van der Waals surface area contributed by atoms with Gasteiger partial charge in [-0.2, -0.15) is 0 Å². The number of aromatic nitrogens is 1. The van der Waals surface area contributed by atoms with Crippen molar-refractivity contribution >= 4 is 34.1 Å². The molecule has 0 radical (unpaired) electrons. The minimum Gasteiger partial charge on any atom is -0.493 e. The van der Waals surface area contributed by atoms with Gasteiger partial charge in [-0.05, 0) is 37.3 Å². The summed E-state index contributed by atoms with van der Waals surface area (Å²) in [5.74, 6) is -0.631. The molecule has 5 nitrogen and oxygen atoms in total. The monoisotopic (exact) mass is 313 g/mol. The van der Waals surface area contributed by atoms with Crippen LogP contribution in [0.3, 0.4) is 0 Å². The Labute approximate surface area is 131 Å². The number of aromatic amines is 1. The Morgan fingerprint density at radius 2 is 1.91 bits per heavy atom. The molecule has 0 atom stereocenters. The Morgan fingerprint density at radius 3 is 2.64 bits per heavy atom. The number of carbonyl (C=O) groups is 1. The molecule has 0 saturated heterocycles. The van der Waals surface area contributed by atoms with Crippen LogP contribution in [0.15, 0.2) is 52.7 Å². The molecule has 110 valence electrons. The van der Waals surface area contributed by atoms with Crippen LogP contribution in [0.2, 0.25) is 5.02 Å². The standard InChI is InChI=1S/C16H12ClN3O2/c1-9-2-4-10(5-3-9)15(21)20-19-14-12-8-11(17)6-7-13(12)18-16(14)22/h2-8,18,22H,1H3. The van der Waals surface area contributed by atoms with E-state index in [0.717, 1.165) is 5.56 Å². The first-order valence-electron chi connectivity index (χ1n) is 6.57. The number of fused-ring (bicyclic) bond motifs is 1. The maximum atomic E-state index is 12.0. The molecule has 0 bridgehead atoms. The normalized spacial score (nSPS) is 11.4. The highest BCUT2D eigenvalue weighted by molar-refractivity contribution is 6.31.